The van der Waals surface area contributed by atoms with Crippen LogP contribution in [0, 0.1) is 22.7 Å². The van der Waals surface area contributed by atoms with Crippen molar-refractivity contribution in [3.05, 3.63) is 118 Å². The fraction of sp³-hybridized carbons (Fsp3) is 0.133. The standard InChI is InChI=1S/C30H26N4O2/c1-21(25-12-5-3-6-13-25)33-29(35)27(19-31)17-23-10-9-11-24(16-23)18-28(20-32)30(36)34-22(2)26-14-7-4-8-15-26/h3-18,21-22H,1-2H3,(H,33,35)(H,34,36)/b27-17-,28-18+/t21-,22+/m0/s1. The quantitative estimate of drug-likeness (QED) is 0.343. The van der Waals surface area contributed by atoms with Gasteiger partial charge in [0.05, 0.1) is 12.1 Å². The Labute approximate surface area is 211 Å². The van der Waals surface area contributed by atoms with Crippen LogP contribution in [0.25, 0.3) is 12.2 Å². The number of hydrogen-bond donors (Lipinski definition) is 2. The van der Waals surface area contributed by atoms with Gasteiger partial charge in [0.2, 0.25) is 0 Å². The Kier molecular flexibility index (Phi) is 8.92. The lowest BCUT2D eigenvalue weighted by atomic mass is 10.0. The highest BCUT2D eigenvalue weighted by atomic mass is 16.2. The van der Waals surface area contributed by atoms with Gasteiger partial charge in [-0.15, -0.1) is 0 Å². The van der Waals surface area contributed by atoms with Gasteiger partial charge in [0.15, 0.2) is 0 Å². The monoisotopic (exact) mass is 474 g/mol. The molecule has 0 bridgehead atoms. The molecule has 36 heavy (non-hydrogen) atoms. The zero-order valence-corrected chi connectivity index (χ0v) is 20.1. The van der Waals surface area contributed by atoms with Crippen LogP contribution >= 0.6 is 0 Å². The second-order valence-electron chi connectivity index (χ2n) is 8.22. The zero-order chi connectivity index (χ0) is 25.9. The molecule has 0 aromatic heterocycles. The van der Waals surface area contributed by atoms with E-state index in [1.165, 1.54) is 12.2 Å². The van der Waals surface area contributed by atoms with E-state index >= 15 is 0 Å². The van der Waals surface area contributed by atoms with Crippen LogP contribution in [0.5, 0.6) is 0 Å². The fourth-order valence-electron chi connectivity index (χ4n) is 3.57. The summed E-state index contributed by atoms with van der Waals surface area (Å²) in [6.45, 7) is 3.70. The highest BCUT2D eigenvalue weighted by Gasteiger charge is 2.15. The Hall–Kier alpha value is -4.94. The molecule has 3 aromatic carbocycles. The number of nitrogens with zero attached hydrogens (tertiary/aromatic N) is 2. The molecule has 0 radical (unpaired) electrons. The van der Waals surface area contributed by atoms with E-state index in [1.54, 1.807) is 24.3 Å². The van der Waals surface area contributed by atoms with Crippen LogP contribution in [0.2, 0.25) is 0 Å². The van der Waals surface area contributed by atoms with Crippen LogP contribution in [-0.2, 0) is 9.59 Å². The van der Waals surface area contributed by atoms with Gasteiger partial charge in [0.25, 0.3) is 11.8 Å². The lowest BCUT2D eigenvalue weighted by Gasteiger charge is -2.14. The molecule has 0 aliphatic carbocycles. The molecule has 0 aliphatic rings. The molecule has 0 fully saturated rings. The Morgan fingerprint density at radius 1 is 0.667 bits per heavy atom. The van der Waals surface area contributed by atoms with Crippen LogP contribution in [-0.4, -0.2) is 11.8 Å². The van der Waals surface area contributed by atoms with Crippen molar-refractivity contribution in [2.45, 2.75) is 25.9 Å². The summed E-state index contributed by atoms with van der Waals surface area (Å²) in [6.07, 6.45) is 2.96. The Bertz CT molecular complexity index is 1260. The molecule has 6 heteroatoms. The van der Waals surface area contributed by atoms with Crippen molar-refractivity contribution in [2.75, 3.05) is 0 Å². The zero-order valence-electron chi connectivity index (χ0n) is 20.1. The molecule has 0 unspecified atom stereocenters. The summed E-state index contributed by atoms with van der Waals surface area (Å²) < 4.78 is 0. The summed E-state index contributed by atoms with van der Waals surface area (Å²) in [7, 11) is 0. The van der Waals surface area contributed by atoms with Crippen LogP contribution in [0.3, 0.4) is 0 Å². The van der Waals surface area contributed by atoms with Gasteiger partial charge in [0, 0.05) is 0 Å². The molecule has 2 atom stereocenters. The molecule has 3 aromatic rings. The molecule has 2 N–H and O–H groups in total. The van der Waals surface area contributed by atoms with Gasteiger partial charge in [-0.2, -0.15) is 10.5 Å². The van der Waals surface area contributed by atoms with Crippen LogP contribution in [0.1, 0.15) is 48.2 Å². The summed E-state index contributed by atoms with van der Waals surface area (Å²) in [5.41, 5.74) is 2.96. The molecule has 3 rings (SSSR count). The minimum absolute atomic E-state index is 0.0474. The van der Waals surface area contributed by atoms with Gasteiger partial charge in [-0.3, -0.25) is 9.59 Å². The third-order valence-corrected chi connectivity index (χ3v) is 5.56. The van der Waals surface area contributed by atoms with Crippen molar-refractivity contribution >= 4 is 24.0 Å². The molecule has 0 saturated heterocycles. The molecule has 6 nitrogen and oxygen atoms in total. The van der Waals surface area contributed by atoms with Crippen molar-refractivity contribution in [1.29, 1.82) is 10.5 Å². The smallest absolute Gasteiger partial charge is 0.262 e. The number of carbonyl (C=O) groups excluding carboxylic acids is 2. The topological polar surface area (TPSA) is 106 Å². The van der Waals surface area contributed by atoms with Crippen LogP contribution < -0.4 is 10.6 Å². The first-order valence-corrected chi connectivity index (χ1v) is 11.5. The van der Waals surface area contributed by atoms with Crippen LogP contribution in [0.15, 0.2) is 96.1 Å². The fourth-order valence-corrected chi connectivity index (χ4v) is 3.57. The van der Waals surface area contributed by atoms with E-state index in [-0.39, 0.29) is 23.2 Å². The lowest BCUT2D eigenvalue weighted by Crippen LogP contribution is -2.27. The molecule has 0 spiro atoms. The summed E-state index contributed by atoms with van der Waals surface area (Å²) in [6, 6.07) is 29.2. The van der Waals surface area contributed by atoms with E-state index in [2.05, 4.69) is 10.6 Å². The Morgan fingerprint density at radius 3 is 1.42 bits per heavy atom. The summed E-state index contributed by atoms with van der Waals surface area (Å²) in [5.74, 6) is -0.969. The van der Waals surface area contributed by atoms with Gasteiger partial charge < -0.3 is 10.6 Å². The average molecular weight is 475 g/mol. The normalized spacial score (nSPS) is 13.0. The second kappa shape index (κ2) is 12.5. The Morgan fingerprint density at radius 2 is 1.06 bits per heavy atom. The van der Waals surface area contributed by atoms with Crippen molar-refractivity contribution < 1.29 is 9.59 Å². The largest absolute Gasteiger partial charge is 0.345 e. The van der Waals surface area contributed by atoms with E-state index in [4.69, 9.17) is 0 Å². The molecule has 2 amide bonds. The van der Waals surface area contributed by atoms with Gasteiger partial charge in [-0.25, -0.2) is 0 Å². The van der Waals surface area contributed by atoms with Gasteiger partial charge >= 0.3 is 0 Å². The third kappa shape index (κ3) is 7.03. The van der Waals surface area contributed by atoms with Crippen LogP contribution in [0.4, 0.5) is 0 Å². The molecule has 0 heterocycles. The SMILES string of the molecule is C[C@H](NC(=O)/C(C#N)=C\c1cccc(/C=C(\C#N)C(=O)N[C@H](C)c2ccccc2)c1)c1ccccc1. The highest BCUT2D eigenvalue weighted by Crippen LogP contribution is 2.17. The minimum atomic E-state index is -0.484. The number of carbonyl (C=O) groups is 2. The second-order valence-corrected chi connectivity index (χ2v) is 8.22. The Balaban J connectivity index is 1.75. The summed E-state index contributed by atoms with van der Waals surface area (Å²) in [5, 5.41) is 24.8. The van der Waals surface area contributed by atoms with Crippen molar-refractivity contribution in [2.24, 2.45) is 0 Å². The minimum Gasteiger partial charge on any atom is -0.345 e. The van der Waals surface area contributed by atoms with Gasteiger partial charge in [0.1, 0.15) is 23.3 Å². The number of nitrogens with one attached hydrogen (secondary N) is 2. The first kappa shape index (κ1) is 25.7. The predicted molar refractivity (Wildman–Crippen MR) is 140 cm³/mol. The van der Waals surface area contributed by atoms with Gasteiger partial charge in [-0.05, 0) is 54.3 Å². The number of nitriles is 2. The van der Waals surface area contributed by atoms with E-state index in [0.717, 1.165) is 11.1 Å². The maximum atomic E-state index is 12.7. The van der Waals surface area contributed by atoms with Crippen molar-refractivity contribution in [1.82, 2.24) is 10.6 Å². The third-order valence-electron chi connectivity index (χ3n) is 5.56. The molecular weight excluding hydrogens is 448 g/mol. The van der Waals surface area contributed by atoms with Gasteiger partial charge in [-0.1, -0.05) is 78.9 Å². The molecule has 0 aliphatic heterocycles. The van der Waals surface area contributed by atoms with E-state index in [9.17, 15) is 20.1 Å². The maximum absolute atomic E-state index is 12.7. The first-order chi connectivity index (χ1) is 17.4. The van der Waals surface area contributed by atoms with E-state index < -0.39 is 11.8 Å². The summed E-state index contributed by atoms with van der Waals surface area (Å²) >= 11 is 0. The molecular formula is C30H26N4O2. The molecule has 178 valence electrons. The predicted octanol–water partition coefficient (Wildman–Crippen LogP) is 5.26. The summed E-state index contributed by atoms with van der Waals surface area (Å²) in [4.78, 5) is 25.3. The lowest BCUT2D eigenvalue weighted by molar-refractivity contribution is -0.118. The first-order valence-electron chi connectivity index (χ1n) is 11.5. The number of rotatable bonds is 8. The van der Waals surface area contributed by atoms with Crippen molar-refractivity contribution in [3.8, 4) is 12.1 Å². The highest BCUT2D eigenvalue weighted by molar-refractivity contribution is 6.03. The number of amides is 2. The number of benzene rings is 3. The average Bonchev–Trinajstić information content (AvgIpc) is 2.91. The maximum Gasteiger partial charge on any atom is 0.262 e. The van der Waals surface area contributed by atoms with E-state index in [0.29, 0.717) is 11.1 Å². The van der Waals surface area contributed by atoms with E-state index in [1.807, 2.05) is 86.6 Å². The molecule has 0 saturated carbocycles. The van der Waals surface area contributed by atoms with Crippen molar-refractivity contribution in [3.63, 3.8) is 0 Å². The number of hydrogen-bond acceptors (Lipinski definition) is 4.